The Hall–Kier alpha value is -1.43. The summed E-state index contributed by atoms with van der Waals surface area (Å²) in [7, 11) is 0. The summed E-state index contributed by atoms with van der Waals surface area (Å²) in [6, 6.07) is 3.70. The molecule has 0 saturated heterocycles. The summed E-state index contributed by atoms with van der Waals surface area (Å²) in [6.07, 6.45) is 0.773. The van der Waals surface area contributed by atoms with Crippen molar-refractivity contribution < 1.29 is 18.7 Å². The highest BCUT2D eigenvalue weighted by Gasteiger charge is 2.27. The SMILES string of the molecule is CC(C)(C)CC(C)(C)NC(=O)COC(=O)c1cc(F)ccc1Br. The van der Waals surface area contributed by atoms with Gasteiger partial charge in [-0.15, -0.1) is 0 Å². The minimum Gasteiger partial charge on any atom is -0.452 e. The molecule has 6 heteroatoms. The Labute approximate surface area is 144 Å². The van der Waals surface area contributed by atoms with Crippen LogP contribution in [0.3, 0.4) is 0 Å². The first-order valence-electron chi connectivity index (χ1n) is 7.33. The van der Waals surface area contributed by atoms with Crippen LogP contribution in [0.15, 0.2) is 22.7 Å². The number of benzene rings is 1. The van der Waals surface area contributed by atoms with Crippen LogP contribution < -0.4 is 5.32 Å². The number of halogens is 2. The molecule has 0 bridgehead atoms. The number of amides is 1. The van der Waals surface area contributed by atoms with Crippen LogP contribution in [0.25, 0.3) is 0 Å². The van der Waals surface area contributed by atoms with Crippen LogP contribution in [0.4, 0.5) is 4.39 Å². The average molecular weight is 388 g/mol. The van der Waals surface area contributed by atoms with E-state index >= 15 is 0 Å². The van der Waals surface area contributed by atoms with Crippen LogP contribution in [0.1, 0.15) is 51.4 Å². The smallest absolute Gasteiger partial charge is 0.339 e. The van der Waals surface area contributed by atoms with E-state index < -0.39 is 23.9 Å². The lowest BCUT2D eigenvalue weighted by molar-refractivity contribution is -0.126. The Morgan fingerprint density at radius 2 is 1.83 bits per heavy atom. The number of rotatable bonds is 5. The minimum absolute atomic E-state index is 0.0479. The fourth-order valence-electron chi connectivity index (χ4n) is 2.65. The molecule has 1 rings (SSSR count). The Bertz CT molecular complexity index is 594. The van der Waals surface area contributed by atoms with Crippen molar-refractivity contribution in [3.8, 4) is 0 Å². The molecule has 0 aromatic heterocycles. The third-order valence-corrected chi connectivity index (χ3v) is 3.62. The highest BCUT2D eigenvalue weighted by atomic mass is 79.9. The first kappa shape index (κ1) is 19.6. The van der Waals surface area contributed by atoms with Gasteiger partial charge in [0, 0.05) is 10.0 Å². The molecule has 0 unspecified atom stereocenters. The summed E-state index contributed by atoms with van der Waals surface area (Å²) >= 11 is 3.15. The first-order chi connectivity index (χ1) is 10.4. The second-order valence-corrected chi connectivity index (χ2v) is 8.22. The number of carbonyl (C=O) groups excluding carboxylic acids is 2. The molecule has 0 fully saturated rings. The van der Waals surface area contributed by atoms with Crippen LogP contribution >= 0.6 is 15.9 Å². The van der Waals surface area contributed by atoms with Crippen LogP contribution in [0, 0.1) is 11.2 Å². The highest BCUT2D eigenvalue weighted by Crippen LogP contribution is 2.26. The van der Waals surface area contributed by atoms with E-state index in [1.165, 1.54) is 12.1 Å². The van der Waals surface area contributed by atoms with Gasteiger partial charge in [-0.1, -0.05) is 20.8 Å². The first-order valence-corrected chi connectivity index (χ1v) is 8.12. The maximum absolute atomic E-state index is 13.2. The van der Waals surface area contributed by atoms with E-state index in [-0.39, 0.29) is 16.9 Å². The molecular formula is C17H23BrFNO3. The van der Waals surface area contributed by atoms with Gasteiger partial charge < -0.3 is 10.1 Å². The fraction of sp³-hybridized carbons (Fsp3) is 0.529. The molecular weight excluding hydrogens is 365 g/mol. The van der Waals surface area contributed by atoms with Gasteiger partial charge in [-0.3, -0.25) is 4.79 Å². The molecule has 0 aliphatic rings. The standard InChI is InChI=1S/C17H23BrFNO3/c1-16(2,3)10-17(4,5)20-14(21)9-23-15(22)12-8-11(19)6-7-13(12)18/h6-8H,9-10H2,1-5H3,(H,20,21). The fourth-order valence-corrected chi connectivity index (χ4v) is 3.05. The molecule has 0 aliphatic carbocycles. The van der Waals surface area contributed by atoms with Crippen LogP contribution in [0.2, 0.25) is 0 Å². The van der Waals surface area contributed by atoms with Crippen molar-refractivity contribution in [1.82, 2.24) is 5.32 Å². The van der Waals surface area contributed by atoms with Gasteiger partial charge >= 0.3 is 5.97 Å². The summed E-state index contributed by atoms with van der Waals surface area (Å²) in [6.45, 7) is 9.69. The van der Waals surface area contributed by atoms with Gasteiger partial charge in [-0.05, 0) is 59.8 Å². The molecule has 0 spiro atoms. The number of esters is 1. The molecule has 1 aromatic carbocycles. The molecule has 0 atom stereocenters. The zero-order chi connectivity index (χ0) is 17.8. The lowest BCUT2D eigenvalue weighted by Crippen LogP contribution is -2.47. The summed E-state index contributed by atoms with van der Waals surface area (Å²) < 4.78 is 18.5. The Morgan fingerprint density at radius 3 is 2.39 bits per heavy atom. The molecule has 128 valence electrons. The number of hydrogen-bond acceptors (Lipinski definition) is 3. The topological polar surface area (TPSA) is 55.4 Å². The average Bonchev–Trinajstić information content (AvgIpc) is 2.35. The summed E-state index contributed by atoms with van der Waals surface area (Å²) in [5, 5.41) is 2.84. The molecule has 1 N–H and O–H groups in total. The lowest BCUT2D eigenvalue weighted by Gasteiger charge is -2.33. The van der Waals surface area contributed by atoms with Crippen molar-refractivity contribution in [1.29, 1.82) is 0 Å². The highest BCUT2D eigenvalue weighted by molar-refractivity contribution is 9.10. The molecule has 0 saturated carbocycles. The lowest BCUT2D eigenvalue weighted by atomic mass is 9.82. The molecule has 1 aromatic rings. The van der Waals surface area contributed by atoms with E-state index in [1.54, 1.807) is 0 Å². The van der Waals surface area contributed by atoms with Crippen molar-refractivity contribution in [2.45, 2.75) is 46.6 Å². The van der Waals surface area contributed by atoms with Crippen LogP contribution in [0.5, 0.6) is 0 Å². The van der Waals surface area contributed by atoms with Gasteiger partial charge in [-0.25, -0.2) is 9.18 Å². The molecule has 0 radical (unpaired) electrons. The van der Waals surface area contributed by atoms with Crippen molar-refractivity contribution in [3.63, 3.8) is 0 Å². The largest absolute Gasteiger partial charge is 0.452 e. The molecule has 0 heterocycles. The van der Waals surface area contributed by atoms with Crippen molar-refractivity contribution in [2.24, 2.45) is 5.41 Å². The number of nitrogens with one attached hydrogen (secondary N) is 1. The Kier molecular flexibility index (Phi) is 6.33. The summed E-state index contributed by atoms with van der Waals surface area (Å²) in [4.78, 5) is 23.9. The zero-order valence-corrected chi connectivity index (χ0v) is 15.7. The van der Waals surface area contributed by atoms with E-state index in [9.17, 15) is 14.0 Å². The van der Waals surface area contributed by atoms with Crippen LogP contribution in [-0.4, -0.2) is 24.0 Å². The summed E-state index contributed by atoms with van der Waals surface area (Å²) in [5.41, 5.74) is -0.312. The quantitative estimate of drug-likeness (QED) is 0.774. The van der Waals surface area contributed by atoms with Gasteiger partial charge in [0.2, 0.25) is 0 Å². The Balaban J connectivity index is 2.59. The third kappa shape index (κ3) is 7.12. The van der Waals surface area contributed by atoms with Crippen molar-refractivity contribution >= 4 is 27.8 Å². The molecule has 23 heavy (non-hydrogen) atoms. The predicted octanol–water partition coefficient (Wildman–Crippen LogP) is 4.08. The summed E-state index contributed by atoms with van der Waals surface area (Å²) in [5.74, 6) is -1.68. The van der Waals surface area contributed by atoms with Gasteiger partial charge in [0.1, 0.15) is 5.82 Å². The van der Waals surface area contributed by atoms with Gasteiger partial charge in [0.25, 0.3) is 5.91 Å². The second kappa shape index (κ2) is 7.43. The number of hydrogen-bond donors (Lipinski definition) is 1. The van der Waals surface area contributed by atoms with E-state index in [1.807, 2.05) is 13.8 Å². The van der Waals surface area contributed by atoms with E-state index in [0.29, 0.717) is 4.47 Å². The maximum Gasteiger partial charge on any atom is 0.339 e. The molecule has 0 aliphatic heterocycles. The molecule has 1 amide bonds. The zero-order valence-electron chi connectivity index (χ0n) is 14.1. The van der Waals surface area contributed by atoms with E-state index in [4.69, 9.17) is 4.74 Å². The van der Waals surface area contributed by atoms with Crippen LogP contribution in [-0.2, 0) is 9.53 Å². The normalized spacial score (nSPS) is 12.0. The van der Waals surface area contributed by atoms with Crippen molar-refractivity contribution in [3.05, 3.63) is 34.1 Å². The molecule has 4 nitrogen and oxygen atoms in total. The predicted molar refractivity (Wildman–Crippen MR) is 90.7 cm³/mol. The van der Waals surface area contributed by atoms with Gasteiger partial charge in [0.15, 0.2) is 6.61 Å². The minimum atomic E-state index is -0.750. The second-order valence-electron chi connectivity index (χ2n) is 7.37. The third-order valence-electron chi connectivity index (χ3n) is 2.93. The van der Waals surface area contributed by atoms with Gasteiger partial charge in [-0.2, -0.15) is 0 Å². The van der Waals surface area contributed by atoms with Crippen molar-refractivity contribution in [2.75, 3.05) is 6.61 Å². The van der Waals surface area contributed by atoms with Gasteiger partial charge in [0.05, 0.1) is 5.56 Å². The maximum atomic E-state index is 13.2. The number of carbonyl (C=O) groups is 2. The Morgan fingerprint density at radius 1 is 1.22 bits per heavy atom. The van der Waals surface area contributed by atoms with E-state index in [0.717, 1.165) is 12.5 Å². The monoisotopic (exact) mass is 387 g/mol. The van der Waals surface area contributed by atoms with E-state index in [2.05, 4.69) is 42.0 Å². The number of ether oxygens (including phenoxy) is 1.